The topological polar surface area (TPSA) is 90.4 Å². The molecule has 1 aliphatic carbocycles. The van der Waals surface area contributed by atoms with Gasteiger partial charge in [-0.2, -0.15) is 0 Å². The number of likely N-dealkylation sites (tertiary alicyclic amines) is 1. The predicted octanol–water partition coefficient (Wildman–Crippen LogP) is -0.815. The number of carbonyl (C=O) groups is 3. The van der Waals surface area contributed by atoms with E-state index in [-0.39, 0.29) is 12.5 Å². The lowest BCUT2D eigenvalue weighted by Crippen LogP contribution is -2.82. The molecule has 1 aromatic carbocycles. The molecule has 3 saturated heterocycles. The Balaban J connectivity index is 1.38. The number of amides is 2. The van der Waals surface area contributed by atoms with Gasteiger partial charge in [0.1, 0.15) is 12.1 Å². The smallest absolute Gasteiger partial charge is 0.325 e. The molecule has 2 atom stereocenters. The minimum Gasteiger partial charge on any atom is -0.468 e. The molecule has 3 fully saturated rings. The lowest BCUT2D eigenvalue weighted by Gasteiger charge is -2.59. The van der Waals surface area contributed by atoms with Crippen LogP contribution in [0.25, 0.3) is 0 Å². The maximum absolute atomic E-state index is 13.4. The molecule has 0 radical (unpaired) electrons. The Morgan fingerprint density at radius 1 is 1.21 bits per heavy atom. The highest BCUT2D eigenvalue weighted by molar-refractivity contribution is 6.07. The standard InChI is InChI=1S/C21H25N3O5/c1-29-18(26)10-23-19(27)17-8-16(25)9-24(17)21(20(23)28)11-22(12-21)15-6-13-4-2-3-5-14(13)7-15/h2-5,15-17,25H,6-12H2,1H3/t16-,17+/m1/s1. The Bertz CT molecular complexity index is 856. The number of ether oxygens (including phenoxy) is 1. The SMILES string of the molecule is COC(=O)CN1C(=O)[C@@H]2C[C@@H](O)CN2C2(CN(C3Cc4ccccc4C3)C2)C1=O. The number of benzene rings is 1. The highest BCUT2D eigenvalue weighted by atomic mass is 16.5. The van der Waals surface area contributed by atoms with Crippen molar-refractivity contribution < 1.29 is 24.2 Å². The molecule has 1 spiro atoms. The molecule has 4 aliphatic rings. The number of hydrogen-bond donors (Lipinski definition) is 1. The average Bonchev–Trinajstić information content (AvgIpc) is 3.27. The molecule has 0 bridgehead atoms. The van der Waals surface area contributed by atoms with Gasteiger partial charge in [-0.3, -0.25) is 29.1 Å². The lowest BCUT2D eigenvalue weighted by atomic mass is 9.81. The number of rotatable bonds is 3. The van der Waals surface area contributed by atoms with E-state index in [2.05, 4.69) is 33.9 Å². The first-order chi connectivity index (χ1) is 13.9. The summed E-state index contributed by atoms with van der Waals surface area (Å²) in [6.45, 7) is 0.968. The van der Waals surface area contributed by atoms with Crippen LogP contribution in [-0.2, 0) is 32.0 Å². The molecule has 0 aromatic heterocycles. The summed E-state index contributed by atoms with van der Waals surface area (Å²) in [5, 5.41) is 10.2. The number of carbonyl (C=O) groups excluding carboxylic acids is 3. The van der Waals surface area contributed by atoms with Crippen LogP contribution in [-0.4, -0.2) is 94.6 Å². The number of hydrogen-bond acceptors (Lipinski definition) is 7. The summed E-state index contributed by atoms with van der Waals surface area (Å²) in [4.78, 5) is 43.3. The normalized spacial score (nSPS) is 29.1. The first-order valence-corrected chi connectivity index (χ1v) is 10.1. The number of methoxy groups -OCH3 is 1. The number of imide groups is 1. The minimum atomic E-state index is -0.848. The van der Waals surface area contributed by atoms with Crippen molar-refractivity contribution in [3.8, 4) is 0 Å². The van der Waals surface area contributed by atoms with Crippen molar-refractivity contribution in [3.63, 3.8) is 0 Å². The van der Waals surface area contributed by atoms with Crippen LogP contribution in [0, 0.1) is 0 Å². The summed E-state index contributed by atoms with van der Waals surface area (Å²) in [5.74, 6) is -1.37. The van der Waals surface area contributed by atoms with Crippen LogP contribution in [0.15, 0.2) is 24.3 Å². The zero-order chi connectivity index (χ0) is 20.3. The van der Waals surface area contributed by atoms with E-state index < -0.39 is 29.6 Å². The van der Waals surface area contributed by atoms with Crippen LogP contribution < -0.4 is 0 Å². The number of nitrogens with zero attached hydrogens (tertiary/aromatic N) is 3. The van der Waals surface area contributed by atoms with Crippen molar-refractivity contribution >= 4 is 17.8 Å². The van der Waals surface area contributed by atoms with E-state index in [1.165, 1.54) is 18.2 Å². The summed E-state index contributed by atoms with van der Waals surface area (Å²) in [5.41, 5.74) is 1.86. The number of aliphatic hydroxyl groups is 1. The number of fused-ring (bicyclic) bond motifs is 3. The van der Waals surface area contributed by atoms with Crippen molar-refractivity contribution in [2.45, 2.75) is 43.0 Å². The molecule has 5 rings (SSSR count). The van der Waals surface area contributed by atoms with Crippen LogP contribution in [0.5, 0.6) is 0 Å². The molecule has 0 unspecified atom stereocenters. The van der Waals surface area contributed by atoms with E-state index in [4.69, 9.17) is 0 Å². The van der Waals surface area contributed by atoms with Crippen LogP contribution in [0.4, 0.5) is 0 Å². The summed E-state index contributed by atoms with van der Waals surface area (Å²) < 4.78 is 4.68. The van der Waals surface area contributed by atoms with Crippen molar-refractivity contribution in [3.05, 3.63) is 35.4 Å². The third-order valence-electron chi connectivity index (χ3n) is 7.01. The minimum absolute atomic E-state index is 0.292. The van der Waals surface area contributed by atoms with Gasteiger partial charge in [0.05, 0.1) is 19.3 Å². The summed E-state index contributed by atoms with van der Waals surface area (Å²) in [6, 6.07) is 8.19. The van der Waals surface area contributed by atoms with E-state index >= 15 is 0 Å². The first kappa shape index (κ1) is 18.7. The lowest BCUT2D eigenvalue weighted by molar-refractivity contribution is -0.184. The van der Waals surface area contributed by atoms with Crippen LogP contribution in [0.3, 0.4) is 0 Å². The fourth-order valence-corrected chi connectivity index (χ4v) is 5.51. The molecular formula is C21H25N3O5. The molecule has 8 nitrogen and oxygen atoms in total. The third-order valence-corrected chi connectivity index (χ3v) is 7.01. The van der Waals surface area contributed by atoms with Gasteiger partial charge in [0.15, 0.2) is 0 Å². The van der Waals surface area contributed by atoms with Crippen LogP contribution in [0.2, 0.25) is 0 Å². The maximum Gasteiger partial charge on any atom is 0.325 e. The van der Waals surface area contributed by atoms with Gasteiger partial charge in [-0.15, -0.1) is 0 Å². The molecule has 154 valence electrons. The van der Waals surface area contributed by atoms with Gasteiger partial charge in [-0.05, 0) is 30.4 Å². The van der Waals surface area contributed by atoms with Gasteiger partial charge in [0.2, 0.25) is 5.91 Å². The fourth-order valence-electron chi connectivity index (χ4n) is 5.51. The predicted molar refractivity (Wildman–Crippen MR) is 102 cm³/mol. The molecule has 29 heavy (non-hydrogen) atoms. The summed E-state index contributed by atoms with van der Waals surface area (Å²) in [7, 11) is 1.24. The van der Waals surface area contributed by atoms with Crippen LogP contribution >= 0.6 is 0 Å². The molecule has 3 heterocycles. The van der Waals surface area contributed by atoms with Crippen molar-refractivity contribution in [2.24, 2.45) is 0 Å². The molecule has 1 N–H and O–H groups in total. The molecule has 3 aliphatic heterocycles. The number of β-amino-alcohol motifs (C(OH)–C–C–N with tert-alkyl or cyclic N) is 1. The maximum atomic E-state index is 13.4. The van der Waals surface area contributed by atoms with Crippen molar-refractivity contribution in [2.75, 3.05) is 33.3 Å². The molecule has 8 heteroatoms. The van der Waals surface area contributed by atoms with Gasteiger partial charge in [-0.25, -0.2) is 0 Å². The van der Waals surface area contributed by atoms with E-state index in [0.717, 1.165) is 17.7 Å². The zero-order valence-electron chi connectivity index (χ0n) is 16.4. The van der Waals surface area contributed by atoms with E-state index in [1.807, 2.05) is 4.90 Å². The second-order valence-electron chi connectivity index (χ2n) is 8.63. The van der Waals surface area contributed by atoms with Gasteiger partial charge in [0.25, 0.3) is 5.91 Å². The largest absolute Gasteiger partial charge is 0.468 e. The van der Waals surface area contributed by atoms with Crippen LogP contribution in [0.1, 0.15) is 17.5 Å². The molecule has 2 amide bonds. The average molecular weight is 399 g/mol. The van der Waals surface area contributed by atoms with Crippen molar-refractivity contribution in [1.82, 2.24) is 14.7 Å². The van der Waals surface area contributed by atoms with Gasteiger partial charge >= 0.3 is 5.97 Å². The van der Waals surface area contributed by atoms with Gasteiger partial charge in [0, 0.05) is 25.7 Å². The highest BCUT2D eigenvalue weighted by Crippen LogP contribution is 2.42. The zero-order valence-corrected chi connectivity index (χ0v) is 16.4. The molecule has 1 aromatic rings. The quantitative estimate of drug-likeness (QED) is 0.525. The van der Waals surface area contributed by atoms with E-state index in [9.17, 15) is 19.5 Å². The monoisotopic (exact) mass is 399 g/mol. The fraction of sp³-hybridized carbons (Fsp3) is 0.571. The van der Waals surface area contributed by atoms with Crippen molar-refractivity contribution in [1.29, 1.82) is 0 Å². The Kier molecular flexibility index (Phi) is 4.27. The second kappa shape index (κ2) is 6.62. The number of piperazine rings is 1. The number of esters is 1. The number of aliphatic hydroxyl groups excluding tert-OH is 1. The molecular weight excluding hydrogens is 374 g/mol. The first-order valence-electron chi connectivity index (χ1n) is 10.1. The Morgan fingerprint density at radius 3 is 2.48 bits per heavy atom. The van der Waals surface area contributed by atoms with E-state index in [1.54, 1.807) is 0 Å². The Hall–Kier alpha value is -2.29. The Morgan fingerprint density at radius 2 is 1.86 bits per heavy atom. The summed E-state index contributed by atoms with van der Waals surface area (Å²) >= 11 is 0. The summed E-state index contributed by atoms with van der Waals surface area (Å²) in [6.07, 6.45) is 1.56. The van der Waals surface area contributed by atoms with Gasteiger partial charge < -0.3 is 9.84 Å². The molecule has 0 saturated carbocycles. The second-order valence-corrected chi connectivity index (χ2v) is 8.63. The third kappa shape index (κ3) is 2.73. The van der Waals surface area contributed by atoms with E-state index in [0.29, 0.717) is 32.1 Å². The Labute approximate surface area is 169 Å². The van der Waals surface area contributed by atoms with Gasteiger partial charge in [-0.1, -0.05) is 24.3 Å². The highest BCUT2D eigenvalue weighted by Gasteiger charge is 2.65.